The fourth-order valence-electron chi connectivity index (χ4n) is 6.14. The highest BCUT2D eigenvalue weighted by molar-refractivity contribution is 7.76. The Balaban J connectivity index is 1.45. The molecule has 0 aromatic heterocycles. The van der Waals surface area contributed by atoms with Crippen LogP contribution in [0.5, 0.6) is 0 Å². The van der Waals surface area contributed by atoms with Gasteiger partial charge < -0.3 is 10.6 Å². The highest BCUT2D eigenvalue weighted by Gasteiger charge is 2.27. The predicted octanol–water partition coefficient (Wildman–Crippen LogP) is 5.76. The second kappa shape index (κ2) is 12.7. The normalized spacial score (nSPS) is 24.3. The minimum Gasteiger partial charge on any atom is -0.308 e. The van der Waals surface area contributed by atoms with Crippen molar-refractivity contribution in [3.05, 3.63) is 120 Å². The summed E-state index contributed by atoms with van der Waals surface area (Å²) < 4.78 is 0. The van der Waals surface area contributed by atoms with Crippen LogP contribution in [0.3, 0.4) is 0 Å². The molecule has 1 aliphatic heterocycles. The van der Waals surface area contributed by atoms with Gasteiger partial charge in [0.05, 0.1) is 0 Å². The predicted molar refractivity (Wildman–Crippen MR) is 168 cm³/mol. The van der Waals surface area contributed by atoms with Crippen molar-refractivity contribution in [3.63, 3.8) is 0 Å². The maximum atomic E-state index is 4.01. The van der Waals surface area contributed by atoms with E-state index < -0.39 is 15.8 Å². The zero-order valence-electron chi connectivity index (χ0n) is 22.1. The van der Waals surface area contributed by atoms with Gasteiger partial charge in [0.1, 0.15) is 0 Å². The van der Waals surface area contributed by atoms with E-state index in [1.807, 2.05) is 0 Å². The van der Waals surface area contributed by atoms with Crippen molar-refractivity contribution in [1.29, 1.82) is 0 Å². The first-order valence-corrected chi connectivity index (χ1v) is 17.2. The monoisotopic (exact) mass is 536 g/mol. The van der Waals surface area contributed by atoms with Crippen molar-refractivity contribution in [3.8, 4) is 0 Å². The third-order valence-electron chi connectivity index (χ3n) is 8.12. The molecule has 1 aliphatic carbocycles. The summed E-state index contributed by atoms with van der Waals surface area (Å²) in [6.45, 7) is 1.91. The van der Waals surface area contributed by atoms with Crippen molar-refractivity contribution in [1.82, 2.24) is 10.6 Å². The molecule has 0 saturated heterocycles. The summed E-state index contributed by atoms with van der Waals surface area (Å²) in [5.41, 5.74) is 2.96. The molecule has 2 N–H and O–H groups in total. The summed E-state index contributed by atoms with van der Waals surface area (Å²) >= 11 is 0. The number of nitrogens with one attached hydrogen (secondary N) is 2. The molecule has 0 radical (unpaired) electrons. The number of benzene rings is 4. The molecule has 4 atom stereocenters. The first-order chi connectivity index (χ1) is 18.9. The number of hydrogen-bond donors (Lipinski definition) is 2. The van der Waals surface area contributed by atoms with Gasteiger partial charge in [0.15, 0.2) is 0 Å². The summed E-state index contributed by atoms with van der Waals surface area (Å²) in [7, 11) is -0.912. The Morgan fingerprint density at radius 2 is 0.868 bits per heavy atom. The molecule has 0 amide bonds. The van der Waals surface area contributed by atoms with Crippen molar-refractivity contribution in [2.45, 2.75) is 50.9 Å². The van der Waals surface area contributed by atoms with Crippen LogP contribution < -0.4 is 31.9 Å². The lowest BCUT2D eigenvalue weighted by molar-refractivity contribution is 0.281. The van der Waals surface area contributed by atoms with Crippen LogP contribution in [0.25, 0.3) is 0 Å². The quantitative estimate of drug-likeness (QED) is 0.319. The largest absolute Gasteiger partial charge is 0.308 e. The highest BCUT2D eigenvalue weighted by atomic mass is 31.1. The Hall–Kier alpha value is -2.34. The van der Waals surface area contributed by atoms with E-state index in [2.05, 4.69) is 120 Å². The maximum Gasteiger partial charge on any atom is 0.0224 e. The Bertz CT molecular complexity index is 1210. The van der Waals surface area contributed by atoms with Crippen molar-refractivity contribution < 1.29 is 0 Å². The molecule has 194 valence electrons. The average molecular weight is 537 g/mol. The summed E-state index contributed by atoms with van der Waals surface area (Å²) in [6, 6.07) is 42.2. The van der Waals surface area contributed by atoms with Crippen LogP contribution in [0.4, 0.5) is 0 Å². The van der Waals surface area contributed by atoms with E-state index in [9.17, 15) is 0 Å². The van der Waals surface area contributed by atoms with E-state index in [4.69, 9.17) is 0 Å². The Labute approximate surface area is 230 Å². The number of hydrogen-bond acceptors (Lipinski definition) is 2. The topological polar surface area (TPSA) is 24.1 Å². The van der Waals surface area contributed by atoms with Crippen LogP contribution in [0.1, 0.15) is 36.8 Å². The number of rotatable bonds is 2. The Kier molecular flexibility index (Phi) is 8.64. The molecule has 1 fully saturated rings. The van der Waals surface area contributed by atoms with Crippen LogP contribution in [0, 0.1) is 0 Å². The lowest BCUT2D eigenvalue weighted by Gasteiger charge is -2.35. The van der Waals surface area contributed by atoms with Gasteiger partial charge in [-0.3, -0.25) is 0 Å². The SMILES string of the molecule is c1ccc([P@@]2CC[P@@](c3ccccc3)c3ccccc3CN[C@H]3CCCC[C@@H]3NCc3ccccc32)cc1. The molecule has 2 aliphatic rings. The van der Waals surface area contributed by atoms with E-state index in [-0.39, 0.29) is 0 Å². The lowest BCUT2D eigenvalue weighted by Crippen LogP contribution is -2.49. The van der Waals surface area contributed by atoms with Gasteiger partial charge >= 0.3 is 0 Å². The molecule has 4 aromatic carbocycles. The molecule has 0 spiro atoms. The second-order valence-electron chi connectivity index (χ2n) is 10.5. The fourth-order valence-corrected chi connectivity index (χ4v) is 11.9. The molecule has 4 aromatic rings. The third-order valence-corrected chi connectivity index (χ3v) is 13.7. The van der Waals surface area contributed by atoms with E-state index >= 15 is 0 Å². The molecule has 38 heavy (non-hydrogen) atoms. The van der Waals surface area contributed by atoms with E-state index in [0.717, 1.165) is 13.1 Å². The Morgan fingerprint density at radius 3 is 1.32 bits per heavy atom. The summed E-state index contributed by atoms with van der Waals surface area (Å²) in [6.07, 6.45) is 7.56. The van der Waals surface area contributed by atoms with Crippen LogP contribution in [0.2, 0.25) is 0 Å². The molecular formula is C34H38N2P2. The van der Waals surface area contributed by atoms with E-state index in [1.54, 1.807) is 10.6 Å². The summed E-state index contributed by atoms with van der Waals surface area (Å²) in [5.74, 6) is 0. The van der Waals surface area contributed by atoms with Crippen LogP contribution in [-0.2, 0) is 13.1 Å². The van der Waals surface area contributed by atoms with Gasteiger partial charge in [-0.15, -0.1) is 0 Å². The lowest BCUT2D eigenvalue weighted by atomic mass is 9.90. The van der Waals surface area contributed by atoms with Gasteiger partial charge in [-0.05, 0) is 73.4 Å². The van der Waals surface area contributed by atoms with Gasteiger partial charge in [0.25, 0.3) is 0 Å². The fraction of sp³-hybridized carbons (Fsp3) is 0.294. The van der Waals surface area contributed by atoms with Gasteiger partial charge in [-0.2, -0.15) is 0 Å². The van der Waals surface area contributed by atoms with Gasteiger partial charge in [-0.25, -0.2) is 0 Å². The maximum absolute atomic E-state index is 4.01. The smallest absolute Gasteiger partial charge is 0.0224 e. The molecule has 2 nitrogen and oxygen atoms in total. The molecule has 0 bridgehead atoms. The summed E-state index contributed by atoms with van der Waals surface area (Å²) in [5, 5.41) is 14.1. The van der Waals surface area contributed by atoms with E-state index in [1.165, 1.54) is 59.7 Å². The average Bonchev–Trinajstić information content (AvgIpc) is 2.99. The van der Waals surface area contributed by atoms with Gasteiger partial charge in [0, 0.05) is 25.2 Å². The molecular weight excluding hydrogens is 498 g/mol. The molecule has 1 saturated carbocycles. The first kappa shape index (κ1) is 25.9. The van der Waals surface area contributed by atoms with Crippen molar-refractivity contribution in [2.24, 2.45) is 0 Å². The van der Waals surface area contributed by atoms with Crippen LogP contribution >= 0.6 is 15.8 Å². The molecule has 4 heteroatoms. The van der Waals surface area contributed by atoms with Crippen LogP contribution in [0.15, 0.2) is 109 Å². The standard InChI is InChI=1S/C34H38N2P2/c1-3-15-29(16-4-1)37-23-24-38(30-17-5-2-6-18-30)34-22-12-8-14-28(34)26-36-32-20-10-9-19-31(32)35-25-27-13-7-11-21-33(27)37/h1-8,11-18,21-22,31-32,35-36H,9-10,19-20,23-26H2/t31-,32-,37-,38+/m0/s1. The minimum atomic E-state index is -0.456. The molecule has 0 unspecified atom stereocenters. The first-order valence-electron chi connectivity index (χ1n) is 14.1. The zero-order valence-corrected chi connectivity index (χ0v) is 23.9. The highest BCUT2D eigenvalue weighted by Crippen LogP contribution is 2.42. The minimum absolute atomic E-state index is 0.456. The molecule has 6 rings (SSSR count). The number of fused-ring (bicyclic) bond motifs is 3. The van der Waals surface area contributed by atoms with Crippen LogP contribution in [-0.4, -0.2) is 24.4 Å². The summed E-state index contributed by atoms with van der Waals surface area (Å²) in [4.78, 5) is 0. The third kappa shape index (κ3) is 5.95. The van der Waals surface area contributed by atoms with E-state index in [0.29, 0.717) is 12.1 Å². The van der Waals surface area contributed by atoms with Crippen molar-refractivity contribution in [2.75, 3.05) is 12.3 Å². The Morgan fingerprint density at radius 1 is 0.474 bits per heavy atom. The van der Waals surface area contributed by atoms with Crippen molar-refractivity contribution >= 4 is 37.1 Å². The molecule has 1 heterocycles. The van der Waals surface area contributed by atoms with Gasteiger partial charge in [-0.1, -0.05) is 122 Å². The zero-order chi connectivity index (χ0) is 25.6. The second-order valence-corrected chi connectivity index (χ2v) is 15.1. The van der Waals surface area contributed by atoms with Gasteiger partial charge in [0.2, 0.25) is 0 Å².